The second-order valence-corrected chi connectivity index (χ2v) is 6.61. The summed E-state index contributed by atoms with van der Waals surface area (Å²) in [5.74, 6) is -0.483. The van der Waals surface area contributed by atoms with Crippen molar-refractivity contribution >= 4 is 17.1 Å². The van der Waals surface area contributed by atoms with E-state index in [1.807, 2.05) is 25.1 Å². The maximum atomic E-state index is 13.2. The molecule has 1 aromatic carbocycles. The first-order chi connectivity index (χ1) is 13.9. The highest BCUT2D eigenvalue weighted by Crippen LogP contribution is 2.19. The van der Waals surface area contributed by atoms with E-state index in [9.17, 15) is 14.4 Å². The maximum Gasteiger partial charge on any atom is 0.337 e. The molecule has 0 radical (unpaired) electrons. The number of nitrogens with zero attached hydrogens (tertiary/aromatic N) is 4. The summed E-state index contributed by atoms with van der Waals surface area (Å²) < 4.78 is 14.1. The molecule has 29 heavy (non-hydrogen) atoms. The molecule has 154 valence electrons. The monoisotopic (exact) mass is 400 g/mol. The number of aryl methyl sites for hydroxylation is 1. The molecule has 2 heterocycles. The van der Waals surface area contributed by atoms with Crippen molar-refractivity contribution < 1.29 is 14.3 Å². The van der Waals surface area contributed by atoms with Gasteiger partial charge in [0.1, 0.15) is 6.04 Å². The molecule has 0 spiro atoms. The Morgan fingerprint density at radius 1 is 1.24 bits per heavy atom. The van der Waals surface area contributed by atoms with Crippen molar-refractivity contribution in [1.82, 2.24) is 18.7 Å². The highest BCUT2D eigenvalue weighted by Gasteiger charge is 2.25. The van der Waals surface area contributed by atoms with Gasteiger partial charge in [0.05, 0.1) is 31.8 Å². The smallest absolute Gasteiger partial charge is 0.337 e. The SMILES string of the molecule is CCOC(=O)C(C)n1cnc2c1c(=O)n(CCOC)c(=O)n2-c1ccccc1C. The quantitative estimate of drug-likeness (QED) is 0.557. The lowest BCUT2D eigenvalue weighted by molar-refractivity contribution is -0.146. The van der Waals surface area contributed by atoms with Gasteiger partial charge in [-0.25, -0.2) is 19.1 Å². The van der Waals surface area contributed by atoms with Gasteiger partial charge in [-0.3, -0.25) is 9.36 Å². The molecular formula is C20H24N4O5. The highest BCUT2D eigenvalue weighted by atomic mass is 16.5. The normalized spacial score (nSPS) is 12.3. The fourth-order valence-corrected chi connectivity index (χ4v) is 3.23. The summed E-state index contributed by atoms with van der Waals surface area (Å²) >= 11 is 0. The molecule has 0 N–H and O–H groups in total. The number of esters is 1. The number of fused-ring (bicyclic) bond motifs is 1. The van der Waals surface area contributed by atoms with E-state index in [-0.39, 0.29) is 30.9 Å². The maximum absolute atomic E-state index is 13.2. The van der Waals surface area contributed by atoms with Crippen LogP contribution in [0.25, 0.3) is 16.9 Å². The van der Waals surface area contributed by atoms with E-state index in [4.69, 9.17) is 9.47 Å². The van der Waals surface area contributed by atoms with Crippen LogP contribution in [-0.4, -0.2) is 45.0 Å². The topological polar surface area (TPSA) is 97.4 Å². The number of benzene rings is 1. The van der Waals surface area contributed by atoms with Gasteiger partial charge in [-0.2, -0.15) is 0 Å². The van der Waals surface area contributed by atoms with Crippen molar-refractivity contribution in [2.24, 2.45) is 0 Å². The van der Waals surface area contributed by atoms with Gasteiger partial charge < -0.3 is 14.0 Å². The van der Waals surface area contributed by atoms with E-state index in [0.29, 0.717) is 5.69 Å². The minimum absolute atomic E-state index is 0.0783. The Kier molecular flexibility index (Phi) is 5.97. The number of methoxy groups -OCH3 is 1. The van der Waals surface area contributed by atoms with Crippen molar-refractivity contribution in [3.8, 4) is 5.69 Å². The molecule has 0 aliphatic rings. The van der Waals surface area contributed by atoms with Crippen LogP contribution in [0.5, 0.6) is 0 Å². The number of hydrogen-bond donors (Lipinski definition) is 0. The zero-order valence-corrected chi connectivity index (χ0v) is 16.9. The van der Waals surface area contributed by atoms with Crippen LogP contribution in [0, 0.1) is 6.92 Å². The van der Waals surface area contributed by atoms with Crippen LogP contribution in [0.4, 0.5) is 0 Å². The number of rotatable bonds is 7. The zero-order chi connectivity index (χ0) is 21.1. The third kappa shape index (κ3) is 3.61. The van der Waals surface area contributed by atoms with Gasteiger partial charge in [-0.15, -0.1) is 0 Å². The van der Waals surface area contributed by atoms with Gasteiger partial charge in [0.15, 0.2) is 11.2 Å². The van der Waals surface area contributed by atoms with E-state index < -0.39 is 23.3 Å². The predicted molar refractivity (Wildman–Crippen MR) is 108 cm³/mol. The Labute approximate surface area is 167 Å². The number of ether oxygens (including phenoxy) is 2. The number of imidazole rings is 1. The zero-order valence-electron chi connectivity index (χ0n) is 16.9. The molecule has 3 rings (SSSR count). The summed E-state index contributed by atoms with van der Waals surface area (Å²) in [5, 5.41) is 0. The van der Waals surface area contributed by atoms with E-state index >= 15 is 0 Å². The van der Waals surface area contributed by atoms with Crippen molar-refractivity contribution in [2.45, 2.75) is 33.4 Å². The molecule has 0 amide bonds. The molecule has 9 nitrogen and oxygen atoms in total. The van der Waals surface area contributed by atoms with Crippen LogP contribution in [0.3, 0.4) is 0 Å². The van der Waals surface area contributed by atoms with Crippen LogP contribution < -0.4 is 11.2 Å². The van der Waals surface area contributed by atoms with Crippen molar-refractivity contribution in [3.05, 3.63) is 57.0 Å². The molecule has 1 atom stereocenters. The van der Waals surface area contributed by atoms with Crippen LogP contribution >= 0.6 is 0 Å². The van der Waals surface area contributed by atoms with E-state index in [2.05, 4.69) is 4.98 Å². The van der Waals surface area contributed by atoms with E-state index in [1.54, 1.807) is 19.9 Å². The van der Waals surface area contributed by atoms with Gasteiger partial charge >= 0.3 is 11.7 Å². The molecule has 0 aliphatic heterocycles. The Morgan fingerprint density at radius 2 is 1.97 bits per heavy atom. The highest BCUT2D eigenvalue weighted by molar-refractivity contribution is 5.79. The summed E-state index contributed by atoms with van der Waals surface area (Å²) in [6.45, 7) is 5.70. The molecule has 0 bridgehead atoms. The van der Waals surface area contributed by atoms with Gasteiger partial charge in [-0.1, -0.05) is 18.2 Å². The number of carbonyl (C=O) groups is 1. The second kappa shape index (κ2) is 8.44. The first kappa shape index (κ1) is 20.5. The standard InChI is InChI=1S/C20H24N4O5/c1-5-29-19(26)14(3)23-12-21-17-16(23)18(25)22(10-11-28-4)20(27)24(17)15-9-7-6-8-13(15)2/h6-9,12,14H,5,10-11H2,1-4H3. The minimum Gasteiger partial charge on any atom is -0.464 e. The van der Waals surface area contributed by atoms with Crippen LogP contribution in [-0.2, 0) is 20.8 Å². The second-order valence-electron chi connectivity index (χ2n) is 6.61. The summed E-state index contributed by atoms with van der Waals surface area (Å²) in [7, 11) is 1.50. The minimum atomic E-state index is -0.772. The summed E-state index contributed by atoms with van der Waals surface area (Å²) in [4.78, 5) is 43.0. The molecule has 0 saturated heterocycles. The van der Waals surface area contributed by atoms with Gasteiger partial charge in [0, 0.05) is 7.11 Å². The first-order valence-electron chi connectivity index (χ1n) is 9.36. The average molecular weight is 400 g/mol. The molecule has 0 aliphatic carbocycles. The Hall–Kier alpha value is -3.20. The third-order valence-corrected chi connectivity index (χ3v) is 4.78. The van der Waals surface area contributed by atoms with E-state index in [0.717, 1.165) is 10.1 Å². The lowest BCUT2D eigenvalue weighted by Crippen LogP contribution is -2.41. The lowest BCUT2D eigenvalue weighted by Gasteiger charge is -2.16. The van der Waals surface area contributed by atoms with E-state index in [1.165, 1.54) is 22.6 Å². The van der Waals surface area contributed by atoms with Crippen LogP contribution in [0.15, 0.2) is 40.2 Å². The number of hydrogen-bond acceptors (Lipinski definition) is 6. The van der Waals surface area contributed by atoms with Crippen molar-refractivity contribution in [2.75, 3.05) is 20.3 Å². The third-order valence-electron chi connectivity index (χ3n) is 4.78. The Morgan fingerprint density at radius 3 is 2.62 bits per heavy atom. The van der Waals surface area contributed by atoms with Gasteiger partial charge in [0.25, 0.3) is 5.56 Å². The molecule has 2 aromatic heterocycles. The van der Waals surface area contributed by atoms with Gasteiger partial charge in [0.2, 0.25) is 0 Å². The number of aromatic nitrogens is 4. The first-order valence-corrected chi connectivity index (χ1v) is 9.36. The molecule has 0 saturated carbocycles. The van der Waals surface area contributed by atoms with Crippen LogP contribution in [0.2, 0.25) is 0 Å². The van der Waals surface area contributed by atoms with Gasteiger partial charge in [-0.05, 0) is 32.4 Å². The fraction of sp³-hybridized carbons (Fsp3) is 0.400. The number of para-hydroxylation sites is 1. The number of carbonyl (C=O) groups excluding carboxylic acids is 1. The molecule has 0 fully saturated rings. The molecule has 9 heteroatoms. The summed E-state index contributed by atoms with van der Waals surface area (Å²) in [5.41, 5.74) is 0.774. The molecule has 3 aromatic rings. The van der Waals surface area contributed by atoms with Crippen molar-refractivity contribution in [1.29, 1.82) is 0 Å². The Bertz CT molecular complexity index is 1160. The largest absolute Gasteiger partial charge is 0.464 e. The molecular weight excluding hydrogens is 376 g/mol. The fourth-order valence-electron chi connectivity index (χ4n) is 3.23. The Balaban J connectivity index is 2.37. The van der Waals surface area contributed by atoms with Crippen molar-refractivity contribution in [3.63, 3.8) is 0 Å². The average Bonchev–Trinajstić information content (AvgIpc) is 3.14. The summed E-state index contributed by atoms with van der Waals surface area (Å²) in [6, 6.07) is 6.56. The predicted octanol–water partition coefficient (Wildman–Crippen LogP) is 1.43. The lowest BCUT2D eigenvalue weighted by atomic mass is 10.2. The van der Waals surface area contributed by atoms with Crippen LogP contribution in [0.1, 0.15) is 25.5 Å². The summed E-state index contributed by atoms with van der Waals surface area (Å²) in [6.07, 6.45) is 1.39. The molecule has 1 unspecified atom stereocenters.